The molecule has 0 amide bonds. The maximum absolute atomic E-state index is 7.27. The van der Waals surface area contributed by atoms with Gasteiger partial charge < -0.3 is 12.2 Å². The molecule has 1 heterocycles. The number of ether oxygens (including phenoxy) is 1. The average Bonchev–Trinajstić information content (AvgIpc) is 3.08. The predicted molar refractivity (Wildman–Crippen MR) is 206 cm³/mol. The van der Waals surface area contributed by atoms with E-state index in [2.05, 4.69) is 190 Å². The Kier molecular flexibility index (Phi) is 12.5. The van der Waals surface area contributed by atoms with E-state index in [9.17, 15) is 0 Å². The van der Waals surface area contributed by atoms with Crippen LogP contribution < -0.4 is 36.6 Å². The van der Waals surface area contributed by atoms with Gasteiger partial charge in [-0.1, -0.05) is 124 Å². The molecule has 0 radical (unpaired) electrons. The van der Waals surface area contributed by atoms with Crippen LogP contribution >= 0.6 is 15.8 Å². The van der Waals surface area contributed by atoms with E-state index in [0.29, 0.717) is 0 Å². The normalized spacial score (nSPS) is 12.1. The third-order valence-electron chi connectivity index (χ3n) is 8.37. The van der Waals surface area contributed by atoms with Gasteiger partial charge in [0.1, 0.15) is 47.7 Å². The molecular formula is C43H41OP2Pd+. The van der Waals surface area contributed by atoms with Crippen molar-refractivity contribution in [3.8, 4) is 11.5 Å². The van der Waals surface area contributed by atoms with Crippen LogP contribution in [0.5, 0.6) is 11.5 Å². The fourth-order valence-electron chi connectivity index (χ4n) is 6.29. The quantitative estimate of drug-likeness (QED) is 0.0721. The van der Waals surface area contributed by atoms with Crippen molar-refractivity contribution >= 4 is 47.7 Å². The molecule has 0 bridgehead atoms. The van der Waals surface area contributed by atoms with Gasteiger partial charge >= 0.3 is 0 Å². The van der Waals surface area contributed by atoms with Crippen LogP contribution in [0, 0.1) is 7.43 Å². The minimum Gasteiger partial charge on any atom is -0.448 e. The monoisotopic (exact) mass is 741 g/mol. The van der Waals surface area contributed by atoms with Crippen LogP contribution in [0.25, 0.3) is 0 Å². The van der Waals surface area contributed by atoms with E-state index in [1.54, 1.807) is 0 Å². The van der Waals surface area contributed by atoms with E-state index in [0.717, 1.165) is 11.5 Å². The SMILES string of the molecule is C=C=C.CC1(C)c2cccc([PH+](c3ccccc3)c3ccccc3)c2Oc2c([PH+](c3ccccc3)c3ccccc3)cccc21.[CH3-].[Pd]. The summed E-state index contributed by atoms with van der Waals surface area (Å²) in [6, 6.07) is 57.5. The van der Waals surface area contributed by atoms with Crippen LogP contribution in [-0.2, 0) is 25.8 Å². The Morgan fingerprint density at radius 1 is 0.468 bits per heavy atom. The molecule has 0 fully saturated rings. The largest absolute Gasteiger partial charge is 0.448 e. The molecule has 0 N–H and O–H groups in total. The second-order valence-electron chi connectivity index (χ2n) is 11.6. The maximum atomic E-state index is 7.27. The Morgan fingerprint density at radius 2 is 0.745 bits per heavy atom. The molecular weight excluding hydrogens is 701 g/mol. The molecule has 7 rings (SSSR count). The fourth-order valence-corrected chi connectivity index (χ4v) is 11.7. The van der Waals surface area contributed by atoms with Crippen LogP contribution in [0.1, 0.15) is 25.0 Å². The Labute approximate surface area is 297 Å². The molecule has 0 atom stereocenters. The van der Waals surface area contributed by atoms with Gasteiger partial charge in [0, 0.05) is 37.0 Å². The molecule has 47 heavy (non-hydrogen) atoms. The zero-order valence-electron chi connectivity index (χ0n) is 27.1. The zero-order valence-corrected chi connectivity index (χ0v) is 30.7. The second kappa shape index (κ2) is 16.3. The first-order valence-electron chi connectivity index (χ1n) is 15.2. The molecule has 6 aromatic rings. The Morgan fingerprint density at radius 3 is 1.02 bits per heavy atom. The minimum atomic E-state index is -1.32. The van der Waals surface area contributed by atoms with E-state index >= 15 is 0 Å². The van der Waals surface area contributed by atoms with Crippen LogP contribution in [0.15, 0.2) is 177 Å². The predicted octanol–water partition coefficient (Wildman–Crippen LogP) is 8.50. The third kappa shape index (κ3) is 7.35. The summed E-state index contributed by atoms with van der Waals surface area (Å²) in [4.78, 5) is 0. The van der Waals surface area contributed by atoms with Crippen molar-refractivity contribution in [2.75, 3.05) is 0 Å². The molecule has 1 aliphatic heterocycles. The van der Waals surface area contributed by atoms with Gasteiger partial charge in [0.15, 0.2) is 11.5 Å². The summed E-state index contributed by atoms with van der Waals surface area (Å²) in [5.41, 5.74) is 4.55. The van der Waals surface area contributed by atoms with Crippen LogP contribution in [0.4, 0.5) is 0 Å². The molecule has 6 aromatic carbocycles. The van der Waals surface area contributed by atoms with Crippen molar-refractivity contribution in [2.24, 2.45) is 0 Å². The van der Waals surface area contributed by atoms with Crippen molar-refractivity contribution in [1.29, 1.82) is 0 Å². The number of hydrogen-bond acceptors (Lipinski definition) is 1. The average molecular weight is 742 g/mol. The molecule has 1 aliphatic rings. The first kappa shape index (κ1) is 36.0. The standard InChI is InChI=1S/C39H32OP2.C3H4.CH3.Pd/c1-39(2)33-25-15-27-35(41(29-17-7-3-8-18-29)30-19-9-4-10-20-30)37(33)40-38-34(39)26-16-28-36(38)42(31-21-11-5-12-22-31)32-23-13-6-14-24-32;1-3-2;;/h3-28H,1-2H3;1-2H2;1H3;/q;;-1;/p+2. The summed E-state index contributed by atoms with van der Waals surface area (Å²) >= 11 is 0. The van der Waals surface area contributed by atoms with Gasteiger partial charge in [-0.25, -0.2) is 0 Å². The van der Waals surface area contributed by atoms with Crippen molar-refractivity contribution in [2.45, 2.75) is 19.3 Å². The van der Waals surface area contributed by atoms with Crippen LogP contribution in [0.3, 0.4) is 0 Å². The van der Waals surface area contributed by atoms with E-state index in [1.807, 2.05) is 0 Å². The molecule has 0 aliphatic carbocycles. The van der Waals surface area contributed by atoms with E-state index in [1.165, 1.54) is 43.0 Å². The molecule has 0 saturated heterocycles. The summed E-state index contributed by atoms with van der Waals surface area (Å²) in [7, 11) is -2.64. The Hall–Kier alpha value is -3.84. The Balaban J connectivity index is 0.000000965. The molecule has 0 saturated carbocycles. The number of rotatable bonds is 6. The summed E-state index contributed by atoms with van der Waals surface area (Å²) in [5, 5.41) is 8.05. The molecule has 0 aromatic heterocycles. The zero-order chi connectivity index (χ0) is 31.2. The van der Waals surface area contributed by atoms with Crippen molar-refractivity contribution in [1.82, 2.24) is 0 Å². The number of hydrogen-bond donors (Lipinski definition) is 0. The molecule has 4 heteroatoms. The van der Waals surface area contributed by atoms with Crippen molar-refractivity contribution in [3.63, 3.8) is 0 Å². The second-order valence-corrected chi connectivity index (χ2v) is 16.4. The third-order valence-corrected chi connectivity index (χ3v) is 13.9. The first-order chi connectivity index (χ1) is 22.0. The van der Waals surface area contributed by atoms with Gasteiger partial charge in [-0.2, -0.15) is 0 Å². The molecule has 0 spiro atoms. The summed E-state index contributed by atoms with van der Waals surface area (Å²) < 4.78 is 7.27. The van der Waals surface area contributed by atoms with Crippen molar-refractivity contribution < 1.29 is 25.2 Å². The topological polar surface area (TPSA) is 9.23 Å². The van der Waals surface area contributed by atoms with Crippen molar-refractivity contribution in [3.05, 3.63) is 195 Å². The number of fused-ring (bicyclic) bond motifs is 2. The van der Waals surface area contributed by atoms with Crippen LogP contribution in [-0.4, -0.2) is 0 Å². The Bertz CT molecular complexity index is 1700. The summed E-state index contributed by atoms with van der Waals surface area (Å²) in [6.45, 7) is 11.0. The molecule has 238 valence electrons. The molecule has 1 nitrogen and oxygen atoms in total. The number of para-hydroxylation sites is 2. The van der Waals surface area contributed by atoms with E-state index < -0.39 is 15.8 Å². The van der Waals surface area contributed by atoms with E-state index in [-0.39, 0.29) is 33.3 Å². The van der Waals surface area contributed by atoms with E-state index in [4.69, 9.17) is 4.74 Å². The summed E-state index contributed by atoms with van der Waals surface area (Å²) in [5.74, 6) is 2.07. The van der Waals surface area contributed by atoms with Gasteiger partial charge in [0.05, 0.1) is 0 Å². The minimum absolute atomic E-state index is 0. The van der Waals surface area contributed by atoms with Crippen LogP contribution in [0.2, 0.25) is 0 Å². The van der Waals surface area contributed by atoms with Gasteiger partial charge in [0.25, 0.3) is 0 Å². The maximum Gasteiger partial charge on any atom is 0.174 e. The summed E-state index contributed by atoms with van der Waals surface area (Å²) in [6.07, 6.45) is 0. The van der Waals surface area contributed by atoms with Gasteiger partial charge in [-0.15, -0.1) is 5.73 Å². The number of benzene rings is 6. The van der Waals surface area contributed by atoms with Gasteiger partial charge in [-0.05, 0) is 60.7 Å². The first-order valence-corrected chi connectivity index (χ1v) is 18.2. The van der Waals surface area contributed by atoms with Gasteiger partial charge in [0.2, 0.25) is 0 Å². The molecule has 0 unspecified atom stereocenters. The van der Waals surface area contributed by atoms with Gasteiger partial charge in [-0.3, -0.25) is 0 Å². The fraction of sp³-hybridized carbons (Fsp3) is 0.0698. The smallest absolute Gasteiger partial charge is 0.174 e.